The van der Waals surface area contributed by atoms with E-state index in [1.807, 2.05) is 19.4 Å². The molecule has 0 aliphatic heterocycles. The van der Waals surface area contributed by atoms with Gasteiger partial charge in [-0.2, -0.15) is 0 Å². The molecule has 1 radical (unpaired) electrons. The van der Waals surface area contributed by atoms with Gasteiger partial charge in [-0.15, -0.1) is 0 Å². The first-order valence-electron chi connectivity index (χ1n) is 2.60. The lowest BCUT2D eigenvalue weighted by atomic mass is 10.3. The first-order valence-corrected chi connectivity index (χ1v) is 2.60. The molecule has 0 saturated heterocycles. The van der Waals surface area contributed by atoms with Gasteiger partial charge in [0.15, 0.2) is 0 Å². The van der Waals surface area contributed by atoms with E-state index in [1.165, 1.54) is 0 Å². The molecule has 0 aliphatic rings. The Kier molecular flexibility index (Phi) is 1.67. The minimum atomic E-state index is 0.899. The summed E-state index contributed by atoms with van der Waals surface area (Å²) in [7, 11) is 0. The number of nitrogens with zero attached hydrogens (tertiary/aromatic N) is 1. The van der Waals surface area contributed by atoms with Crippen LogP contribution in [0.5, 0.6) is 0 Å². The van der Waals surface area contributed by atoms with E-state index >= 15 is 0 Å². The predicted molar refractivity (Wildman–Crippen MR) is 30.2 cm³/mol. The maximum Gasteiger partial charge on any atom is 0.124 e. The fraction of sp³-hybridized carbons (Fsp3) is 0.333. The third-order valence-electron chi connectivity index (χ3n) is 0.905. The third-order valence-corrected chi connectivity index (χ3v) is 0.905. The highest BCUT2D eigenvalue weighted by Crippen LogP contribution is 1.96. The van der Waals surface area contributed by atoms with Gasteiger partial charge in [-0.05, 0) is 12.8 Å². The van der Waals surface area contributed by atoms with E-state index in [4.69, 9.17) is 0 Å². The summed E-state index contributed by atoms with van der Waals surface area (Å²) in [5, 5.41) is 3.70. The summed E-state index contributed by atoms with van der Waals surface area (Å²) in [5.74, 6) is 0. The van der Waals surface area contributed by atoms with Gasteiger partial charge < -0.3 is 4.52 Å². The molecule has 0 atom stereocenters. The van der Waals surface area contributed by atoms with Gasteiger partial charge in [-0.25, -0.2) is 0 Å². The molecule has 0 aromatic carbocycles. The summed E-state index contributed by atoms with van der Waals surface area (Å²) < 4.78 is 4.60. The van der Waals surface area contributed by atoms with E-state index in [2.05, 4.69) is 9.68 Å². The van der Waals surface area contributed by atoms with Crippen LogP contribution >= 0.6 is 0 Å². The van der Waals surface area contributed by atoms with E-state index in [1.54, 1.807) is 6.26 Å². The Labute approximate surface area is 48.5 Å². The smallest absolute Gasteiger partial charge is 0.124 e. The Balaban J connectivity index is 2.50. The Morgan fingerprint density at radius 2 is 2.75 bits per heavy atom. The lowest BCUT2D eigenvalue weighted by molar-refractivity contribution is 0.413. The van der Waals surface area contributed by atoms with E-state index in [0.717, 1.165) is 12.1 Å². The van der Waals surface area contributed by atoms with Crippen LogP contribution in [0, 0.1) is 6.42 Å². The van der Waals surface area contributed by atoms with Crippen LogP contribution in [0.1, 0.15) is 12.6 Å². The van der Waals surface area contributed by atoms with Crippen molar-refractivity contribution in [2.45, 2.75) is 13.3 Å². The Bertz CT molecular complexity index is 134. The number of hydrogen-bond donors (Lipinski definition) is 0. The molecule has 1 aromatic rings. The van der Waals surface area contributed by atoms with Crippen molar-refractivity contribution in [2.24, 2.45) is 0 Å². The molecule has 43 valence electrons. The summed E-state index contributed by atoms with van der Waals surface area (Å²) in [4.78, 5) is 0. The summed E-state index contributed by atoms with van der Waals surface area (Å²) in [6, 6.07) is 1.86. The minimum absolute atomic E-state index is 0.899. The fourth-order valence-electron chi connectivity index (χ4n) is 0.552. The molecule has 0 fully saturated rings. The average Bonchev–Trinajstić information content (AvgIpc) is 2.19. The van der Waals surface area contributed by atoms with Crippen LogP contribution in [0.2, 0.25) is 0 Å². The number of hydrogen-bond acceptors (Lipinski definition) is 2. The predicted octanol–water partition coefficient (Wildman–Crippen LogP) is 1.44. The minimum Gasteiger partial charge on any atom is -0.365 e. The zero-order valence-corrected chi connectivity index (χ0v) is 4.79. The third kappa shape index (κ3) is 1.09. The monoisotopic (exact) mass is 110 g/mol. The van der Waals surface area contributed by atoms with Crippen LogP contribution in [-0.2, 0) is 6.42 Å². The summed E-state index contributed by atoms with van der Waals surface area (Å²) in [6.45, 7) is 1.99. The Hall–Kier alpha value is -0.790. The van der Waals surface area contributed by atoms with Gasteiger partial charge in [0.1, 0.15) is 6.26 Å². The van der Waals surface area contributed by atoms with Gasteiger partial charge >= 0.3 is 0 Å². The van der Waals surface area contributed by atoms with Crippen molar-refractivity contribution in [1.82, 2.24) is 5.16 Å². The molecule has 1 rings (SSSR count). The molecule has 0 saturated carbocycles. The van der Waals surface area contributed by atoms with Crippen LogP contribution in [0.4, 0.5) is 0 Å². The summed E-state index contributed by atoms with van der Waals surface area (Å²) in [6.07, 6.45) is 4.52. The zero-order valence-electron chi connectivity index (χ0n) is 4.79. The van der Waals surface area contributed by atoms with Gasteiger partial charge in [-0.3, -0.25) is 0 Å². The van der Waals surface area contributed by atoms with Crippen LogP contribution in [0.25, 0.3) is 0 Å². The quantitative estimate of drug-likeness (QED) is 0.575. The first-order chi connectivity index (χ1) is 3.93. The van der Waals surface area contributed by atoms with E-state index in [0.29, 0.717) is 0 Å². The van der Waals surface area contributed by atoms with Gasteiger partial charge in [0.05, 0.1) is 5.69 Å². The Morgan fingerprint density at radius 1 is 1.88 bits per heavy atom. The molecule has 0 aliphatic carbocycles. The van der Waals surface area contributed by atoms with Crippen molar-refractivity contribution in [3.05, 3.63) is 24.4 Å². The molecular weight excluding hydrogens is 102 g/mol. The first kappa shape index (κ1) is 5.35. The maximum atomic E-state index is 4.60. The molecule has 0 amide bonds. The fourth-order valence-corrected chi connectivity index (χ4v) is 0.552. The zero-order chi connectivity index (χ0) is 5.82. The second-order valence-corrected chi connectivity index (χ2v) is 1.60. The standard InChI is InChI=1S/C6H8NO/c1-2-3-6-4-5-8-7-6/h2,4-5H,3H2,1H3. The average molecular weight is 110 g/mol. The van der Waals surface area contributed by atoms with Crippen molar-refractivity contribution in [1.29, 1.82) is 0 Å². The van der Waals surface area contributed by atoms with Crippen molar-refractivity contribution in [3.63, 3.8) is 0 Å². The van der Waals surface area contributed by atoms with Gasteiger partial charge in [0.25, 0.3) is 0 Å². The molecular formula is C6H8NO. The van der Waals surface area contributed by atoms with Crippen molar-refractivity contribution < 1.29 is 4.52 Å². The second-order valence-electron chi connectivity index (χ2n) is 1.60. The van der Waals surface area contributed by atoms with Crippen LogP contribution in [0.15, 0.2) is 16.9 Å². The van der Waals surface area contributed by atoms with E-state index < -0.39 is 0 Å². The normalized spacial score (nSPS) is 9.62. The molecule has 0 unspecified atom stereocenters. The van der Waals surface area contributed by atoms with Gasteiger partial charge in [-0.1, -0.05) is 12.1 Å². The summed E-state index contributed by atoms with van der Waals surface area (Å²) in [5.41, 5.74) is 0.993. The molecule has 1 aromatic heterocycles. The molecule has 0 spiro atoms. The highest BCUT2D eigenvalue weighted by atomic mass is 16.5. The highest BCUT2D eigenvalue weighted by molar-refractivity contribution is 4.97. The van der Waals surface area contributed by atoms with E-state index in [9.17, 15) is 0 Å². The topological polar surface area (TPSA) is 26.0 Å². The van der Waals surface area contributed by atoms with E-state index in [-0.39, 0.29) is 0 Å². The van der Waals surface area contributed by atoms with Gasteiger partial charge in [0.2, 0.25) is 0 Å². The number of aromatic nitrogens is 1. The van der Waals surface area contributed by atoms with Crippen molar-refractivity contribution >= 4 is 0 Å². The Morgan fingerprint density at radius 3 is 3.25 bits per heavy atom. The highest BCUT2D eigenvalue weighted by Gasteiger charge is 1.90. The van der Waals surface area contributed by atoms with Crippen molar-refractivity contribution in [2.75, 3.05) is 0 Å². The molecule has 0 N–H and O–H groups in total. The number of rotatable bonds is 2. The maximum absolute atomic E-state index is 4.60. The molecule has 8 heavy (non-hydrogen) atoms. The van der Waals surface area contributed by atoms with Crippen LogP contribution in [0.3, 0.4) is 0 Å². The molecule has 2 heteroatoms. The second kappa shape index (κ2) is 2.50. The van der Waals surface area contributed by atoms with Crippen LogP contribution in [-0.4, -0.2) is 5.16 Å². The lowest BCUT2D eigenvalue weighted by Crippen LogP contribution is -1.79. The molecule has 0 bridgehead atoms. The molecule has 1 heterocycles. The molecule has 2 nitrogen and oxygen atoms in total. The lowest BCUT2D eigenvalue weighted by Gasteiger charge is -1.82. The summed E-state index contributed by atoms with van der Waals surface area (Å²) >= 11 is 0. The van der Waals surface area contributed by atoms with Crippen molar-refractivity contribution in [3.8, 4) is 0 Å². The SMILES string of the molecule is C[CH]Cc1ccon1. The van der Waals surface area contributed by atoms with Gasteiger partial charge in [0, 0.05) is 6.07 Å². The van der Waals surface area contributed by atoms with Crippen LogP contribution < -0.4 is 0 Å². The largest absolute Gasteiger partial charge is 0.365 e.